The highest BCUT2D eigenvalue weighted by Gasteiger charge is 2.25. The number of aromatic nitrogens is 1. The molecule has 31 heavy (non-hydrogen) atoms. The van der Waals surface area contributed by atoms with Crippen LogP contribution in [-0.4, -0.2) is 45.4 Å². The maximum atomic E-state index is 13.3. The lowest BCUT2D eigenvalue weighted by Crippen LogP contribution is -2.49. The first kappa shape index (κ1) is 23.0. The Hall–Kier alpha value is -2.70. The summed E-state index contributed by atoms with van der Waals surface area (Å²) in [6.45, 7) is 3.60. The predicted molar refractivity (Wildman–Crippen MR) is 120 cm³/mol. The van der Waals surface area contributed by atoms with Gasteiger partial charge in [0.05, 0.1) is 19.4 Å². The first-order chi connectivity index (χ1) is 15.1. The van der Waals surface area contributed by atoms with E-state index in [1.807, 2.05) is 42.1 Å². The van der Waals surface area contributed by atoms with E-state index < -0.39 is 0 Å². The Labute approximate surface area is 185 Å². The molecule has 0 atom stereocenters. The number of rotatable bonds is 10. The second kappa shape index (κ2) is 11.6. The summed E-state index contributed by atoms with van der Waals surface area (Å²) in [5, 5.41) is 3.17. The molecule has 1 fully saturated rings. The lowest BCUT2D eigenvalue weighted by Gasteiger charge is -2.30. The zero-order chi connectivity index (χ0) is 22.1. The summed E-state index contributed by atoms with van der Waals surface area (Å²) in [5.74, 6) is 0.654. The number of urea groups is 1. The van der Waals surface area contributed by atoms with E-state index in [1.54, 1.807) is 16.1 Å². The van der Waals surface area contributed by atoms with Crippen LogP contribution in [0.2, 0.25) is 0 Å². The highest BCUT2D eigenvalue weighted by molar-refractivity contribution is 5.84. The molecule has 2 aromatic rings. The Balaban J connectivity index is 1.68. The minimum atomic E-state index is -0.120. The summed E-state index contributed by atoms with van der Waals surface area (Å²) in [4.78, 5) is 29.8. The first-order valence-electron chi connectivity index (χ1n) is 11.5. The summed E-state index contributed by atoms with van der Waals surface area (Å²) < 4.78 is 7.49. The maximum absolute atomic E-state index is 13.3. The van der Waals surface area contributed by atoms with Gasteiger partial charge in [-0.25, -0.2) is 4.79 Å². The summed E-state index contributed by atoms with van der Waals surface area (Å²) in [6.07, 6.45) is 11.0. The molecule has 0 aromatic carbocycles. The molecule has 0 bridgehead atoms. The number of nitrogens with one attached hydrogen (secondary N) is 1. The number of furan rings is 1. The van der Waals surface area contributed by atoms with E-state index in [0.29, 0.717) is 19.6 Å². The zero-order valence-corrected chi connectivity index (χ0v) is 18.9. The van der Waals surface area contributed by atoms with Crippen LogP contribution in [0.4, 0.5) is 4.79 Å². The number of aryl methyl sites for hydroxylation is 1. The molecular weight excluding hydrogens is 392 g/mol. The third-order valence-electron chi connectivity index (χ3n) is 6.01. The van der Waals surface area contributed by atoms with E-state index in [-0.39, 0.29) is 24.5 Å². The smallest absolute Gasteiger partial charge is 0.318 e. The molecule has 7 heteroatoms. The number of hydrogen-bond acceptors (Lipinski definition) is 3. The van der Waals surface area contributed by atoms with Gasteiger partial charge in [-0.2, -0.15) is 0 Å². The number of unbranched alkanes of at least 4 members (excludes halogenated alkanes) is 1. The molecule has 1 saturated carbocycles. The van der Waals surface area contributed by atoms with Gasteiger partial charge in [0.25, 0.3) is 0 Å². The van der Waals surface area contributed by atoms with Crippen molar-refractivity contribution in [3.05, 3.63) is 48.2 Å². The van der Waals surface area contributed by atoms with Crippen LogP contribution in [0.1, 0.15) is 63.3 Å². The predicted octanol–water partition coefficient (Wildman–Crippen LogP) is 4.29. The van der Waals surface area contributed by atoms with Gasteiger partial charge < -0.3 is 24.1 Å². The van der Waals surface area contributed by atoms with Gasteiger partial charge in [-0.05, 0) is 43.5 Å². The summed E-state index contributed by atoms with van der Waals surface area (Å²) in [6, 6.07) is 7.78. The van der Waals surface area contributed by atoms with E-state index >= 15 is 0 Å². The van der Waals surface area contributed by atoms with Crippen LogP contribution in [0.3, 0.4) is 0 Å². The van der Waals surface area contributed by atoms with Gasteiger partial charge in [-0.15, -0.1) is 0 Å². The van der Waals surface area contributed by atoms with Gasteiger partial charge in [-0.3, -0.25) is 4.79 Å². The van der Waals surface area contributed by atoms with Crippen molar-refractivity contribution in [2.24, 2.45) is 7.05 Å². The van der Waals surface area contributed by atoms with Crippen molar-refractivity contribution in [3.63, 3.8) is 0 Å². The van der Waals surface area contributed by atoms with Crippen molar-refractivity contribution in [1.82, 2.24) is 19.7 Å². The highest BCUT2D eigenvalue weighted by atomic mass is 16.3. The fourth-order valence-electron chi connectivity index (χ4n) is 4.06. The van der Waals surface area contributed by atoms with E-state index in [9.17, 15) is 9.59 Å². The molecule has 3 amide bonds. The van der Waals surface area contributed by atoms with Crippen molar-refractivity contribution >= 4 is 11.9 Å². The molecule has 1 aliphatic carbocycles. The molecule has 0 aliphatic heterocycles. The minimum Gasteiger partial charge on any atom is -0.467 e. The van der Waals surface area contributed by atoms with Crippen LogP contribution in [0.15, 0.2) is 41.1 Å². The Kier molecular flexibility index (Phi) is 8.62. The van der Waals surface area contributed by atoms with Gasteiger partial charge in [0, 0.05) is 31.5 Å². The summed E-state index contributed by atoms with van der Waals surface area (Å²) in [5.41, 5.74) is 1.03. The van der Waals surface area contributed by atoms with Gasteiger partial charge in [0.1, 0.15) is 12.3 Å². The Morgan fingerprint density at radius 1 is 1.13 bits per heavy atom. The molecule has 0 unspecified atom stereocenters. The van der Waals surface area contributed by atoms with E-state index in [0.717, 1.165) is 50.0 Å². The fourth-order valence-corrected chi connectivity index (χ4v) is 4.06. The molecular formula is C24H36N4O3. The molecule has 0 radical (unpaired) electrons. The molecule has 170 valence electrons. The van der Waals surface area contributed by atoms with Gasteiger partial charge in [0.2, 0.25) is 5.91 Å². The average Bonchev–Trinajstić information content (AvgIpc) is 3.43. The van der Waals surface area contributed by atoms with Crippen LogP contribution in [0.5, 0.6) is 0 Å². The highest BCUT2D eigenvalue weighted by Crippen LogP contribution is 2.18. The number of hydrogen-bond donors (Lipinski definition) is 1. The van der Waals surface area contributed by atoms with Gasteiger partial charge in [-0.1, -0.05) is 32.6 Å². The number of amides is 3. The van der Waals surface area contributed by atoms with E-state index in [1.165, 1.54) is 6.42 Å². The number of carbonyl (C=O) groups is 2. The van der Waals surface area contributed by atoms with Crippen LogP contribution < -0.4 is 5.32 Å². The third kappa shape index (κ3) is 6.91. The monoisotopic (exact) mass is 428 g/mol. The first-order valence-corrected chi connectivity index (χ1v) is 11.5. The summed E-state index contributed by atoms with van der Waals surface area (Å²) >= 11 is 0. The number of nitrogens with zero attached hydrogens (tertiary/aromatic N) is 3. The number of carbonyl (C=O) groups excluding carboxylic acids is 2. The Bertz CT molecular complexity index is 809. The van der Waals surface area contributed by atoms with Crippen LogP contribution >= 0.6 is 0 Å². The molecule has 2 aromatic heterocycles. The van der Waals surface area contributed by atoms with E-state index in [2.05, 4.69) is 12.2 Å². The molecule has 3 rings (SSSR count). The molecule has 2 heterocycles. The van der Waals surface area contributed by atoms with Crippen molar-refractivity contribution in [2.75, 3.05) is 13.1 Å². The molecule has 7 nitrogen and oxygen atoms in total. The lowest BCUT2D eigenvalue weighted by atomic mass is 9.96. The topological polar surface area (TPSA) is 70.7 Å². The largest absolute Gasteiger partial charge is 0.467 e. The maximum Gasteiger partial charge on any atom is 0.318 e. The Morgan fingerprint density at radius 3 is 2.58 bits per heavy atom. The van der Waals surface area contributed by atoms with Crippen LogP contribution in [0.25, 0.3) is 0 Å². The lowest BCUT2D eigenvalue weighted by molar-refractivity contribution is -0.133. The molecule has 1 N–H and O–H groups in total. The second-order valence-corrected chi connectivity index (χ2v) is 8.50. The quantitative estimate of drug-likeness (QED) is 0.614. The van der Waals surface area contributed by atoms with Crippen molar-refractivity contribution in [1.29, 1.82) is 0 Å². The fraction of sp³-hybridized carbons (Fsp3) is 0.583. The van der Waals surface area contributed by atoms with E-state index in [4.69, 9.17) is 4.42 Å². The van der Waals surface area contributed by atoms with Gasteiger partial charge >= 0.3 is 6.03 Å². The summed E-state index contributed by atoms with van der Waals surface area (Å²) in [7, 11) is 1.97. The van der Waals surface area contributed by atoms with Gasteiger partial charge in [0.15, 0.2) is 0 Å². The normalized spacial score (nSPS) is 14.4. The van der Waals surface area contributed by atoms with Crippen LogP contribution in [-0.2, 0) is 24.9 Å². The van der Waals surface area contributed by atoms with Crippen molar-refractivity contribution in [2.45, 2.75) is 71.0 Å². The van der Waals surface area contributed by atoms with Crippen molar-refractivity contribution in [3.8, 4) is 0 Å². The zero-order valence-electron chi connectivity index (χ0n) is 18.9. The molecule has 0 saturated heterocycles. The minimum absolute atomic E-state index is 0.0731. The second-order valence-electron chi connectivity index (χ2n) is 8.50. The molecule has 1 aliphatic rings. The van der Waals surface area contributed by atoms with Crippen LogP contribution in [0, 0.1) is 0 Å². The Morgan fingerprint density at radius 2 is 1.94 bits per heavy atom. The standard InChI is InChI=1S/C24H36N4O3/c1-3-4-15-27(24(30)25-20-10-6-5-7-11-20)19-23(29)28(18-22-13-9-16-31-22)17-21-12-8-14-26(21)2/h8-9,12-14,16,20H,3-7,10-11,15,17-19H2,1-2H3,(H,25,30). The average molecular weight is 429 g/mol. The molecule has 0 spiro atoms. The van der Waals surface area contributed by atoms with Crippen molar-refractivity contribution < 1.29 is 14.0 Å². The third-order valence-corrected chi connectivity index (χ3v) is 6.01. The SMILES string of the molecule is CCCCN(CC(=O)N(Cc1ccco1)Cc1cccn1C)C(=O)NC1CCCCC1.